The van der Waals surface area contributed by atoms with Gasteiger partial charge < -0.3 is 10.2 Å². The van der Waals surface area contributed by atoms with E-state index in [1.165, 1.54) is 7.05 Å². The molecule has 0 aromatic heterocycles. The minimum Gasteiger partial charge on any atom is -0.394 e. The van der Waals surface area contributed by atoms with Crippen LogP contribution in [0.5, 0.6) is 0 Å². The molecule has 2 N–H and O–H groups in total. The first-order chi connectivity index (χ1) is 7.87. The minimum atomic E-state index is -3.46. The molecule has 98 valence electrons. The number of hydrogen-bond acceptors (Lipinski definition) is 4. The predicted octanol–water partition coefficient (Wildman–Crippen LogP) is -0.124. The summed E-state index contributed by atoms with van der Waals surface area (Å²) in [4.78, 5) is 0. The Labute approximate surface area is 102 Å². The number of sulfonamides is 1. The lowest BCUT2D eigenvalue weighted by atomic mass is 10.1. The molecule has 1 aliphatic rings. The molecule has 2 atom stereocenters. The summed E-state index contributed by atoms with van der Waals surface area (Å²) in [6, 6.07) is 0. The van der Waals surface area contributed by atoms with E-state index in [0.717, 1.165) is 9.88 Å². The lowest BCUT2D eigenvalue weighted by molar-refractivity contribution is 0.0825. The van der Waals surface area contributed by atoms with E-state index in [1.54, 1.807) is 12.2 Å². The summed E-state index contributed by atoms with van der Waals surface area (Å²) in [6.07, 6.45) is 4.72. The lowest BCUT2D eigenvalue weighted by Crippen LogP contribution is -2.40. The molecular weight excluding hydrogens is 242 g/mol. The molecule has 5 nitrogen and oxygen atoms in total. The fourth-order valence-corrected chi connectivity index (χ4v) is 3.08. The van der Waals surface area contributed by atoms with Crippen molar-refractivity contribution in [2.24, 2.45) is 0 Å². The second kappa shape index (κ2) is 5.77. The number of nitrogens with zero attached hydrogens (tertiary/aromatic N) is 1. The molecule has 17 heavy (non-hydrogen) atoms. The average Bonchev–Trinajstić information content (AvgIpc) is 2.29. The summed E-state index contributed by atoms with van der Waals surface area (Å²) >= 11 is 0. The van der Waals surface area contributed by atoms with Gasteiger partial charge in [0.05, 0.1) is 18.0 Å². The van der Waals surface area contributed by atoms with Crippen LogP contribution in [0.4, 0.5) is 0 Å². The summed E-state index contributed by atoms with van der Waals surface area (Å²) in [7, 11) is -2.05. The van der Waals surface area contributed by atoms with Crippen molar-refractivity contribution < 1.29 is 18.6 Å². The zero-order valence-electron chi connectivity index (χ0n) is 10.1. The van der Waals surface area contributed by atoms with E-state index >= 15 is 0 Å². The van der Waals surface area contributed by atoms with Crippen LogP contribution in [0.3, 0.4) is 0 Å². The number of likely N-dealkylation sites (N-methyl/N-ethyl adjacent to an activating group) is 1. The largest absolute Gasteiger partial charge is 0.394 e. The molecule has 0 saturated carbocycles. The van der Waals surface area contributed by atoms with E-state index in [-0.39, 0.29) is 6.54 Å². The van der Waals surface area contributed by atoms with Crippen LogP contribution < -0.4 is 0 Å². The van der Waals surface area contributed by atoms with E-state index in [0.29, 0.717) is 6.42 Å². The minimum absolute atomic E-state index is 0.0914. The van der Waals surface area contributed by atoms with Gasteiger partial charge in [-0.15, -0.1) is 0 Å². The number of allylic oxidation sites excluding steroid dienone is 3. The molecule has 6 heteroatoms. The van der Waals surface area contributed by atoms with Gasteiger partial charge in [-0.25, -0.2) is 12.7 Å². The van der Waals surface area contributed by atoms with Crippen molar-refractivity contribution in [3.8, 4) is 0 Å². The van der Waals surface area contributed by atoms with Gasteiger partial charge >= 0.3 is 0 Å². The van der Waals surface area contributed by atoms with Crippen molar-refractivity contribution in [1.82, 2.24) is 4.31 Å². The molecule has 0 aromatic carbocycles. The highest BCUT2D eigenvalue weighted by Crippen LogP contribution is 2.19. The topological polar surface area (TPSA) is 77.8 Å². The van der Waals surface area contributed by atoms with Gasteiger partial charge in [-0.3, -0.25) is 0 Å². The highest BCUT2D eigenvalue weighted by molar-refractivity contribution is 7.89. The SMILES string of the molecule is CC1=CCC(S(=O)(=O)N(C)CC(O)CO)C=C1. The second-order valence-electron chi connectivity index (χ2n) is 4.24. The van der Waals surface area contributed by atoms with Gasteiger partial charge in [0.1, 0.15) is 0 Å². The van der Waals surface area contributed by atoms with Gasteiger partial charge in [-0.1, -0.05) is 23.8 Å². The molecule has 0 spiro atoms. The van der Waals surface area contributed by atoms with Crippen molar-refractivity contribution in [3.63, 3.8) is 0 Å². The smallest absolute Gasteiger partial charge is 0.220 e. The van der Waals surface area contributed by atoms with Crippen LogP contribution in [-0.2, 0) is 10.0 Å². The van der Waals surface area contributed by atoms with Crippen LogP contribution in [-0.4, -0.2) is 54.5 Å². The van der Waals surface area contributed by atoms with E-state index in [1.807, 2.05) is 13.0 Å². The number of hydrogen-bond donors (Lipinski definition) is 2. The van der Waals surface area contributed by atoms with Gasteiger partial charge in [0.25, 0.3) is 0 Å². The van der Waals surface area contributed by atoms with Crippen LogP contribution in [0, 0.1) is 0 Å². The molecule has 0 radical (unpaired) electrons. The van der Waals surface area contributed by atoms with Crippen molar-refractivity contribution in [3.05, 3.63) is 23.8 Å². The average molecular weight is 261 g/mol. The summed E-state index contributed by atoms with van der Waals surface area (Å²) in [6.45, 7) is 1.38. The fourth-order valence-electron chi connectivity index (χ4n) is 1.62. The zero-order chi connectivity index (χ0) is 13.1. The van der Waals surface area contributed by atoms with E-state index < -0.39 is 28.0 Å². The Balaban J connectivity index is 2.72. The van der Waals surface area contributed by atoms with E-state index in [9.17, 15) is 13.5 Å². The highest BCUT2D eigenvalue weighted by Gasteiger charge is 2.29. The first-order valence-electron chi connectivity index (χ1n) is 5.47. The Kier molecular flexibility index (Phi) is 4.88. The fraction of sp³-hybridized carbons (Fsp3) is 0.636. The maximum absolute atomic E-state index is 12.1. The Hall–Kier alpha value is -0.690. The number of aliphatic hydroxyl groups is 2. The molecule has 0 aromatic rings. The molecule has 0 fully saturated rings. The van der Waals surface area contributed by atoms with Gasteiger partial charge in [0, 0.05) is 13.6 Å². The lowest BCUT2D eigenvalue weighted by Gasteiger charge is -2.24. The van der Waals surface area contributed by atoms with Crippen LogP contribution in [0.2, 0.25) is 0 Å². The van der Waals surface area contributed by atoms with Crippen LogP contribution in [0.25, 0.3) is 0 Å². The van der Waals surface area contributed by atoms with Crippen molar-refractivity contribution in [2.45, 2.75) is 24.7 Å². The van der Waals surface area contributed by atoms with Crippen LogP contribution in [0.1, 0.15) is 13.3 Å². The van der Waals surface area contributed by atoms with Crippen LogP contribution in [0.15, 0.2) is 23.8 Å². The van der Waals surface area contributed by atoms with E-state index in [2.05, 4.69) is 0 Å². The Morgan fingerprint density at radius 2 is 2.24 bits per heavy atom. The van der Waals surface area contributed by atoms with Crippen molar-refractivity contribution in [1.29, 1.82) is 0 Å². The molecule has 2 unspecified atom stereocenters. The molecule has 0 bridgehead atoms. The third kappa shape index (κ3) is 3.64. The normalized spacial score (nSPS) is 22.6. The monoisotopic (exact) mass is 261 g/mol. The standard InChI is InChI=1S/C11H19NO4S/c1-9-3-5-11(6-4-9)17(15,16)12(2)7-10(14)8-13/h3-5,10-11,13-14H,6-8H2,1-2H3. The Morgan fingerprint density at radius 1 is 1.59 bits per heavy atom. The third-order valence-electron chi connectivity index (χ3n) is 2.74. The maximum atomic E-state index is 12.1. The molecular formula is C11H19NO4S. The predicted molar refractivity (Wildman–Crippen MR) is 65.9 cm³/mol. The van der Waals surface area contributed by atoms with Crippen LogP contribution >= 0.6 is 0 Å². The quantitative estimate of drug-likeness (QED) is 0.723. The van der Waals surface area contributed by atoms with Gasteiger partial charge in [-0.05, 0) is 13.3 Å². The van der Waals surface area contributed by atoms with Crippen molar-refractivity contribution in [2.75, 3.05) is 20.2 Å². The first kappa shape index (κ1) is 14.4. The van der Waals surface area contributed by atoms with Gasteiger partial charge in [0.15, 0.2) is 0 Å². The van der Waals surface area contributed by atoms with Crippen molar-refractivity contribution >= 4 is 10.0 Å². The summed E-state index contributed by atoms with van der Waals surface area (Å²) in [5, 5.41) is 17.4. The molecule has 1 aliphatic carbocycles. The Morgan fingerprint density at radius 3 is 2.71 bits per heavy atom. The first-order valence-corrected chi connectivity index (χ1v) is 6.97. The molecule has 0 aliphatic heterocycles. The molecule has 1 rings (SSSR count). The molecule has 0 saturated heterocycles. The summed E-state index contributed by atoms with van der Waals surface area (Å²) < 4.78 is 25.3. The number of rotatable bonds is 5. The van der Waals surface area contributed by atoms with Gasteiger partial charge in [0.2, 0.25) is 10.0 Å². The molecule has 0 amide bonds. The third-order valence-corrected chi connectivity index (χ3v) is 4.87. The zero-order valence-corrected chi connectivity index (χ0v) is 10.9. The number of aliphatic hydroxyl groups excluding tert-OH is 2. The summed E-state index contributed by atoms with van der Waals surface area (Å²) in [5.41, 5.74) is 1.05. The Bertz CT molecular complexity index is 413. The summed E-state index contributed by atoms with van der Waals surface area (Å²) in [5.74, 6) is 0. The molecule has 0 heterocycles. The van der Waals surface area contributed by atoms with Gasteiger partial charge in [-0.2, -0.15) is 0 Å². The second-order valence-corrected chi connectivity index (χ2v) is 6.50. The highest BCUT2D eigenvalue weighted by atomic mass is 32.2. The van der Waals surface area contributed by atoms with E-state index in [4.69, 9.17) is 5.11 Å². The maximum Gasteiger partial charge on any atom is 0.220 e.